The van der Waals surface area contributed by atoms with Crippen LogP contribution in [-0.2, 0) is 0 Å². The fourth-order valence-corrected chi connectivity index (χ4v) is 3.82. The van der Waals surface area contributed by atoms with E-state index in [-0.39, 0.29) is 6.04 Å². The van der Waals surface area contributed by atoms with Gasteiger partial charge in [-0.2, -0.15) is 0 Å². The maximum absolute atomic E-state index is 6.09. The van der Waals surface area contributed by atoms with Gasteiger partial charge in [0.05, 0.1) is 0 Å². The molecule has 2 N–H and O–H groups in total. The summed E-state index contributed by atoms with van der Waals surface area (Å²) < 4.78 is 0. The first-order valence-electron chi connectivity index (χ1n) is 7.71. The molecule has 0 spiro atoms. The molecule has 1 aromatic heterocycles. The molecule has 0 radical (unpaired) electrons. The van der Waals surface area contributed by atoms with Crippen molar-refractivity contribution in [3.8, 4) is 0 Å². The van der Waals surface area contributed by atoms with Crippen molar-refractivity contribution in [2.24, 2.45) is 17.6 Å². The highest BCUT2D eigenvalue weighted by Crippen LogP contribution is 2.38. The lowest BCUT2D eigenvalue weighted by Crippen LogP contribution is -2.42. The summed E-state index contributed by atoms with van der Waals surface area (Å²) in [7, 11) is 0. The summed E-state index contributed by atoms with van der Waals surface area (Å²) in [6.45, 7) is 4.38. The van der Waals surface area contributed by atoms with Gasteiger partial charge in [-0.3, -0.25) is 0 Å². The second-order valence-corrected chi connectivity index (χ2v) is 6.24. The second-order valence-electron chi connectivity index (χ2n) is 6.24. The number of hydrogen-bond acceptors (Lipinski definition) is 3. The number of hydrogen-bond donors (Lipinski definition) is 1. The number of fused-ring (bicyclic) bond motifs is 1. The molecular weight excluding hydrogens is 234 g/mol. The predicted molar refractivity (Wildman–Crippen MR) is 79.1 cm³/mol. The zero-order valence-electron chi connectivity index (χ0n) is 11.9. The van der Waals surface area contributed by atoms with Crippen LogP contribution in [0.15, 0.2) is 18.3 Å². The Morgan fingerprint density at radius 3 is 2.84 bits per heavy atom. The molecule has 2 unspecified atom stereocenters. The Labute approximate surface area is 116 Å². The normalized spacial score (nSPS) is 28.8. The summed E-state index contributed by atoms with van der Waals surface area (Å²) >= 11 is 0. The van der Waals surface area contributed by atoms with E-state index in [0.29, 0.717) is 0 Å². The van der Waals surface area contributed by atoms with Crippen molar-refractivity contribution in [3.05, 3.63) is 23.9 Å². The highest BCUT2D eigenvalue weighted by Gasteiger charge is 2.32. The lowest BCUT2D eigenvalue weighted by Gasteiger charge is -2.42. The molecule has 19 heavy (non-hydrogen) atoms. The SMILES string of the molecule is C[C@@H](N)c1cccnc1N1CCC2CCCCC2C1. The first kappa shape index (κ1) is 12.9. The number of anilines is 1. The maximum Gasteiger partial charge on any atom is 0.133 e. The molecule has 0 aromatic carbocycles. The highest BCUT2D eigenvalue weighted by molar-refractivity contribution is 5.48. The van der Waals surface area contributed by atoms with Gasteiger partial charge in [0.25, 0.3) is 0 Å². The number of pyridine rings is 1. The Kier molecular flexibility index (Phi) is 3.74. The Morgan fingerprint density at radius 1 is 1.26 bits per heavy atom. The molecule has 1 aromatic rings. The van der Waals surface area contributed by atoms with Crippen molar-refractivity contribution in [2.45, 2.75) is 45.1 Å². The Balaban J connectivity index is 1.79. The molecule has 2 heterocycles. The van der Waals surface area contributed by atoms with Crippen LogP contribution < -0.4 is 10.6 Å². The van der Waals surface area contributed by atoms with E-state index in [4.69, 9.17) is 5.73 Å². The van der Waals surface area contributed by atoms with Gasteiger partial charge in [-0.1, -0.05) is 25.3 Å². The first-order valence-corrected chi connectivity index (χ1v) is 7.71. The summed E-state index contributed by atoms with van der Waals surface area (Å²) in [5.74, 6) is 2.97. The second kappa shape index (κ2) is 5.49. The molecule has 1 aliphatic heterocycles. The summed E-state index contributed by atoms with van der Waals surface area (Å²) in [5.41, 5.74) is 7.28. The van der Waals surface area contributed by atoms with Gasteiger partial charge in [0.1, 0.15) is 5.82 Å². The van der Waals surface area contributed by atoms with Gasteiger partial charge in [-0.05, 0) is 37.7 Å². The van der Waals surface area contributed by atoms with Gasteiger partial charge in [0.2, 0.25) is 0 Å². The van der Waals surface area contributed by atoms with Gasteiger partial charge in [0.15, 0.2) is 0 Å². The van der Waals surface area contributed by atoms with Crippen molar-refractivity contribution in [3.63, 3.8) is 0 Å². The minimum absolute atomic E-state index is 0.0628. The maximum atomic E-state index is 6.09. The Bertz CT molecular complexity index is 430. The van der Waals surface area contributed by atoms with Crippen molar-refractivity contribution in [1.82, 2.24) is 4.98 Å². The molecule has 0 amide bonds. The molecule has 2 aliphatic rings. The van der Waals surface area contributed by atoms with Crippen LogP contribution in [0.1, 0.15) is 50.6 Å². The van der Waals surface area contributed by atoms with Gasteiger partial charge in [-0.25, -0.2) is 4.98 Å². The molecule has 3 nitrogen and oxygen atoms in total. The van der Waals surface area contributed by atoms with Crippen LogP contribution in [0.4, 0.5) is 5.82 Å². The molecule has 1 saturated carbocycles. The van der Waals surface area contributed by atoms with Crippen LogP contribution in [0.2, 0.25) is 0 Å². The minimum atomic E-state index is 0.0628. The molecule has 1 aliphatic carbocycles. The fraction of sp³-hybridized carbons (Fsp3) is 0.688. The van der Waals surface area contributed by atoms with E-state index in [1.165, 1.54) is 44.2 Å². The van der Waals surface area contributed by atoms with E-state index in [1.54, 1.807) is 0 Å². The first-order chi connectivity index (χ1) is 9.25. The van der Waals surface area contributed by atoms with Gasteiger partial charge >= 0.3 is 0 Å². The fourth-order valence-electron chi connectivity index (χ4n) is 3.82. The third-order valence-electron chi connectivity index (χ3n) is 4.90. The quantitative estimate of drug-likeness (QED) is 0.887. The Hall–Kier alpha value is -1.09. The largest absolute Gasteiger partial charge is 0.356 e. The summed E-state index contributed by atoms with van der Waals surface area (Å²) in [6, 6.07) is 4.18. The van der Waals surface area contributed by atoms with Gasteiger partial charge in [-0.15, -0.1) is 0 Å². The van der Waals surface area contributed by atoms with Crippen LogP contribution in [-0.4, -0.2) is 18.1 Å². The topological polar surface area (TPSA) is 42.1 Å². The number of nitrogens with zero attached hydrogens (tertiary/aromatic N) is 2. The van der Waals surface area contributed by atoms with Crippen molar-refractivity contribution in [1.29, 1.82) is 0 Å². The van der Waals surface area contributed by atoms with Gasteiger partial charge < -0.3 is 10.6 Å². The molecular formula is C16H25N3. The van der Waals surface area contributed by atoms with Crippen molar-refractivity contribution in [2.75, 3.05) is 18.0 Å². The van der Waals surface area contributed by atoms with E-state index in [1.807, 2.05) is 19.2 Å². The average Bonchev–Trinajstić information content (AvgIpc) is 2.46. The van der Waals surface area contributed by atoms with E-state index in [9.17, 15) is 0 Å². The third-order valence-corrected chi connectivity index (χ3v) is 4.90. The predicted octanol–water partition coefficient (Wildman–Crippen LogP) is 3.12. The van der Waals surface area contributed by atoms with Gasteiger partial charge in [0, 0.05) is 30.9 Å². The van der Waals surface area contributed by atoms with Crippen LogP contribution in [0, 0.1) is 11.8 Å². The monoisotopic (exact) mass is 259 g/mol. The van der Waals surface area contributed by atoms with Crippen LogP contribution in [0.3, 0.4) is 0 Å². The van der Waals surface area contributed by atoms with E-state index in [0.717, 1.165) is 24.2 Å². The molecule has 104 valence electrons. The zero-order valence-corrected chi connectivity index (χ0v) is 11.9. The summed E-state index contributed by atoms with van der Waals surface area (Å²) in [6.07, 6.45) is 8.93. The van der Waals surface area contributed by atoms with E-state index < -0.39 is 0 Å². The smallest absolute Gasteiger partial charge is 0.133 e. The number of rotatable bonds is 2. The molecule has 3 rings (SSSR count). The molecule has 3 atom stereocenters. The highest BCUT2D eigenvalue weighted by atomic mass is 15.2. The Morgan fingerprint density at radius 2 is 2.05 bits per heavy atom. The minimum Gasteiger partial charge on any atom is -0.356 e. The summed E-state index contributed by atoms with van der Waals surface area (Å²) in [4.78, 5) is 7.08. The molecule has 2 fully saturated rings. The lowest BCUT2D eigenvalue weighted by molar-refractivity contribution is 0.202. The van der Waals surface area contributed by atoms with E-state index in [2.05, 4.69) is 16.0 Å². The van der Waals surface area contributed by atoms with Crippen molar-refractivity contribution < 1.29 is 0 Å². The standard InChI is InChI=1S/C16H25N3/c1-12(17)15-7-4-9-18-16(15)19-10-8-13-5-2-3-6-14(13)11-19/h4,7,9,12-14H,2-3,5-6,8,10-11,17H2,1H3/t12-,13?,14?/m1/s1. The lowest BCUT2D eigenvalue weighted by atomic mass is 9.75. The van der Waals surface area contributed by atoms with Crippen LogP contribution >= 0.6 is 0 Å². The average molecular weight is 259 g/mol. The molecule has 0 bridgehead atoms. The third kappa shape index (κ3) is 2.62. The molecule has 1 saturated heterocycles. The number of nitrogens with two attached hydrogens (primary N) is 1. The summed E-state index contributed by atoms with van der Waals surface area (Å²) in [5, 5.41) is 0. The van der Waals surface area contributed by atoms with Crippen LogP contribution in [0.5, 0.6) is 0 Å². The number of aromatic nitrogens is 1. The number of piperidine rings is 1. The molecule has 3 heteroatoms. The zero-order chi connectivity index (χ0) is 13.2. The van der Waals surface area contributed by atoms with E-state index >= 15 is 0 Å². The van der Waals surface area contributed by atoms with Crippen LogP contribution in [0.25, 0.3) is 0 Å². The van der Waals surface area contributed by atoms with Crippen molar-refractivity contribution >= 4 is 5.82 Å².